The molecule has 2 atom stereocenters. The standard InChI is InChI=1S/C19H24FN5/c1-3-25-11-15(16-6-4-5-7-18(16)25)10-24-9-14(8-20)17(12-24)19-21-13(2)22-23-19/h4-7,11,14,17H,3,8-10,12H2,1-2H3,(H,21,22,23)/t14-,17-/m1/s1. The van der Waals surface area contributed by atoms with Gasteiger partial charge in [-0.3, -0.25) is 14.4 Å². The highest BCUT2D eigenvalue weighted by Crippen LogP contribution is 2.33. The van der Waals surface area contributed by atoms with E-state index in [4.69, 9.17) is 0 Å². The second-order valence-corrected chi connectivity index (χ2v) is 6.95. The number of hydrogen-bond acceptors (Lipinski definition) is 3. The Morgan fingerprint density at radius 2 is 2.12 bits per heavy atom. The third-order valence-corrected chi connectivity index (χ3v) is 5.27. The number of nitrogens with one attached hydrogen (secondary N) is 1. The number of hydrogen-bond donors (Lipinski definition) is 1. The number of likely N-dealkylation sites (tertiary alicyclic amines) is 1. The Kier molecular flexibility index (Phi) is 4.29. The number of halogens is 1. The minimum Gasteiger partial charge on any atom is -0.347 e. The maximum absolute atomic E-state index is 13.6. The fourth-order valence-corrected chi connectivity index (χ4v) is 4.02. The Hall–Kier alpha value is -2.21. The van der Waals surface area contributed by atoms with E-state index >= 15 is 0 Å². The highest BCUT2D eigenvalue weighted by Gasteiger charge is 2.36. The second-order valence-electron chi connectivity index (χ2n) is 6.95. The van der Waals surface area contributed by atoms with Crippen LogP contribution in [0.1, 0.15) is 30.1 Å². The molecule has 0 aliphatic carbocycles. The van der Waals surface area contributed by atoms with Crippen LogP contribution in [0.15, 0.2) is 30.5 Å². The molecule has 25 heavy (non-hydrogen) atoms. The number of aryl methyl sites for hydroxylation is 2. The van der Waals surface area contributed by atoms with Crippen LogP contribution in [-0.4, -0.2) is 44.4 Å². The number of alkyl halides is 1. The number of aromatic amines is 1. The number of H-pyrrole nitrogens is 1. The van der Waals surface area contributed by atoms with Gasteiger partial charge < -0.3 is 4.57 Å². The molecule has 0 amide bonds. The van der Waals surface area contributed by atoms with Crippen molar-refractivity contribution in [3.8, 4) is 0 Å². The Morgan fingerprint density at radius 1 is 1.28 bits per heavy atom. The van der Waals surface area contributed by atoms with E-state index in [0.29, 0.717) is 0 Å². The molecule has 3 aromatic rings. The van der Waals surface area contributed by atoms with Gasteiger partial charge in [-0.15, -0.1) is 0 Å². The van der Waals surface area contributed by atoms with Crippen molar-refractivity contribution in [2.45, 2.75) is 32.9 Å². The maximum Gasteiger partial charge on any atom is 0.155 e. The van der Waals surface area contributed by atoms with Crippen LogP contribution in [0.3, 0.4) is 0 Å². The van der Waals surface area contributed by atoms with Crippen molar-refractivity contribution in [3.05, 3.63) is 47.7 Å². The zero-order chi connectivity index (χ0) is 17.4. The fraction of sp³-hybridized carbons (Fsp3) is 0.474. The van der Waals surface area contributed by atoms with Crippen LogP contribution < -0.4 is 0 Å². The van der Waals surface area contributed by atoms with Crippen LogP contribution in [0.5, 0.6) is 0 Å². The second kappa shape index (κ2) is 6.59. The van der Waals surface area contributed by atoms with E-state index < -0.39 is 0 Å². The van der Waals surface area contributed by atoms with Crippen LogP contribution in [0.25, 0.3) is 10.9 Å². The largest absolute Gasteiger partial charge is 0.347 e. The molecule has 6 heteroatoms. The molecule has 2 aromatic heterocycles. The summed E-state index contributed by atoms with van der Waals surface area (Å²) < 4.78 is 15.8. The number of rotatable bonds is 5. The van der Waals surface area contributed by atoms with Gasteiger partial charge >= 0.3 is 0 Å². The Balaban J connectivity index is 1.58. The minimum atomic E-state index is -0.328. The smallest absolute Gasteiger partial charge is 0.155 e. The zero-order valence-electron chi connectivity index (χ0n) is 14.7. The van der Waals surface area contributed by atoms with Crippen LogP contribution in [0.2, 0.25) is 0 Å². The Bertz CT molecular complexity index is 868. The van der Waals surface area contributed by atoms with Crippen LogP contribution >= 0.6 is 0 Å². The fourth-order valence-electron chi connectivity index (χ4n) is 4.02. The molecule has 5 nitrogen and oxygen atoms in total. The predicted octanol–water partition coefficient (Wildman–Crippen LogP) is 3.27. The van der Waals surface area contributed by atoms with Gasteiger partial charge in [0, 0.05) is 55.1 Å². The number of aromatic nitrogens is 4. The van der Waals surface area contributed by atoms with E-state index in [0.717, 1.165) is 37.8 Å². The van der Waals surface area contributed by atoms with Crippen LogP contribution in [0.4, 0.5) is 4.39 Å². The number of para-hydroxylation sites is 1. The quantitative estimate of drug-likeness (QED) is 0.775. The summed E-state index contributed by atoms with van der Waals surface area (Å²) in [6, 6.07) is 8.50. The third-order valence-electron chi connectivity index (χ3n) is 5.27. The lowest BCUT2D eigenvalue weighted by Gasteiger charge is -2.14. The van der Waals surface area contributed by atoms with Crippen LogP contribution in [0, 0.1) is 12.8 Å². The van der Waals surface area contributed by atoms with E-state index in [1.54, 1.807) is 0 Å². The SMILES string of the molecule is CCn1cc(CN2C[C@@H](CF)[C@H](c3n[nH]c(C)n3)C2)c2ccccc21. The first-order valence-electron chi connectivity index (χ1n) is 8.93. The summed E-state index contributed by atoms with van der Waals surface area (Å²) in [5.41, 5.74) is 2.57. The first kappa shape index (κ1) is 16.3. The number of fused-ring (bicyclic) bond motifs is 1. The molecule has 1 saturated heterocycles. The lowest BCUT2D eigenvalue weighted by Crippen LogP contribution is -2.20. The summed E-state index contributed by atoms with van der Waals surface area (Å²) in [4.78, 5) is 6.77. The molecule has 0 spiro atoms. The molecular weight excluding hydrogens is 317 g/mol. The van der Waals surface area contributed by atoms with E-state index in [9.17, 15) is 4.39 Å². The summed E-state index contributed by atoms with van der Waals surface area (Å²) in [5.74, 6) is 1.57. The van der Waals surface area contributed by atoms with Gasteiger partial charge in [0.25, 0.3) is 0 Å². The molecule has 0 bridgehead atoms. The minimum absolute atomic E-state index is 0.0327. The average Bonchev–Trinajstić information content (AvgIpc) is 3.32. The molecule has 3 heterocycles. The van der Waals surface area contributed by atoms with Gasteiger partial charge in [0.1, 0.15) is 5.82 Å². The molecule has 132 valence electrons. The van der Waals surface area contributed by atoms with Gasteiger partial charge in [-0.25, -0.2) is 4.98 Å². The molecule has 0 unspecified atom stereocenters. The Labute approximate surface area is 146 Å². The number of benzene rings is 1. The van der Waals surface area contributed by atoms with Crippen molar-refractivity contribution in [1.82, 2.24) is 24.6 Å². The van der Waals surface area contributed by atoms with Gasteiger partial charge in [0.2, 0.25) is 0 Å². The average molecular weight is 341 g/mol. The maximum atomic E-state index is 13.6. The van der Waals surface area contributed by atoms with E-state index in [1.165, 1.54) is 16.5 Å². The monoisotopic (exact) mass is 341 g/mol. The van der Waals surface area contributed by atoms with Crippen LogP contribution in [-0.2, 0) is 13.1 Å². The lowest BCUT2D eigenvalue weighted by atomic mass is 9.97. The highest BCUT2D eigenvalue weighted by molar-refractivity contribution is 5.83. The van der Waals surface area contributed by atoms with E-state index in [2.05, 4.69) is 62.0 Å². The topological polar surface area (TPSA) is 49.7 Å². The van der Waals surface area contributed by atoms with Crippen molar-refractivity contribution >= 4 is 10.9 Å². The number of nitrogens with zero attached hydrogens (tertiary/aromatic N) is 4. The molecule has 1 aliphatic rings. The molecular formula is C19H24FN5. The summed E-state index contributed by atoms with van der Waals surface area (Å²) in [5, 5.41) is 8.45. The lowest BCUT2D eigenvalue weighted by molar-refractivity contribution is 0.296. The molecule has 0 radical (unpaired) electrons. The summed E-state index contributed by atoms with van der Waals surface area (Å²) in [6.07, 6.45) is 2.24. The highest BCUT2D eigenvalue weighted by atomic mass is 19.1. The summed E-state index contributed by atoms with van der Waals surface area (Å²) in [6.45, 7) is 7.06. The molecule has 1 N–H and O–H groups in total. The first-order valence-corrected chi connectivity index (χ1v) is 8.93. The van der Waals surface area contributed by atoms with Gasteiger partial charge in [0.15, 0.2) is 5.82 Å². The van der Waals surface area contributed by atoms with Crippen molar-refractivity contribution in [2.75, 3.05) is 19.8 Å². The van der Waals surface area contributed by atoms with E-state index in [-0.39, 0.29) is 18.5 Å². The zero-order valence-corrected chi connectivity index (χ0v) is 14.7. The third kappa shape index (κ3) is 2.95. The van der Waals surface area contributed by atoms with Gasteiger partial charge in [-0.2, -0.15) is 5.10 Å². The van der Waals surface area contributed by atoms with Gasteiger partial charge in [-0.05, 0) is 25.5 Å². The normalized spacial score (nSPS) is 21.4. The van der Waals surface area contributed by atoms with E-state index in [1.807, 2.05) is 6.92 Å². The van der Waals surface area contributed by atoms with Crippen molar-refractivity contribution in [2.24, 2.45) is 5.92 Å². The molecule has 1 aromatic carbocycles. The van der Waals surface area contributed by atoms with Gasteiger partial charge in [0.05, 0.1) is 6.67 Å². The van der Waals surface area contributed by atoms with Crippen molar-refractivity contribution in [1.29, 1.82) is 0 Å². The van der Waals surface area contributed by atoms with Crippen molar-refractivity contribution < 1.29 is 4.39 Å². The Morgan fingerprint density at radius 3 is 2.84 bits per heavy atom. The van der Waals surface area contributed by atoms with Crippen molar-refractivity contribution in [3.63, 3.8) is 0 Å². The summed E-state index contributed by atoms with van der Waals surface area (Å²) >= 11 is 0. The molecule has 4 rings (SSSR count). The molecule has 0 saturated carbocycles. The summed E-state index contributed by atoms with van der Waals surface area (Å²) in [7, 11) is 0. The first-order chi connectivity index (χ1) is 12.2. The van der Waals surface area contributed by atoms with Gasteiger partial charge in [-0.1, -0.05) is 18.2 Å². The molecule has 1 aliphatic heterocycles. The molecule has 1 fully saturated rings. The predicted molar refractivity (Wildman–Crippen MR) is 96.2 cm³/mol.